The molecule has 1 saturated carbocycles. The lowest BCUT2D eigenvalue weighted by molar-refractivity contribution is -0.385. The van der Waals surface area contributed by atoms with Gasteiger partial charge >= 0.3 is 5.97 Å². The number of benzene rings is 2. The molecule has 0 atom stereocenters. The Labute approximate surface area is 228 Å². The number of nitro benzene ring substituents is 1. The second-order valence-corrected chi connectivity index (χ2v) is 10.3. The number of carbonyl (C=O) groups excluding carboxylic acids is 1. The number of ether oxygens (including phenoxy) is 2. The third-order valence-corrected chi connectivity index (χ3v) is 7.28. The Morgan fingerprint density at radius 1 is 1.11 bits per heavy atom. The van der Waals surface area contributed by atoms with Crippen LogP contribution in [0.4, 0.5) is 11.5 Å². The number of fused-ring (bicyclic) bond motifs is 1. The highest BCUT2D eigenvalue weighted by molar-refractivity contribution is 9.10. The van der Waals surface area contributed by atoms with Crippen molar-refractivity contribution in [3.05, 3.63) is 80.4 Å². The molecule has 1 N–H and O–H groups in total. The first-order valence-electron chi connectivity index (χ1n) is 12.4. The summed E-state index contributed by atoms with van der Waals surface area (Å²) < 4.78 is 14.1. The summed E-state index contributed by atoms with van der Waals surface area (Å²) in [6, 6.07) is 13.8. The first-order valence-corrected chi connectivity index (χ1v) is 13.2. The van der Waals surface area contributed by atoms with Crippen molar-refractivity contribution >= 4 is 39.1 Å². The lowest BCUT2D eigenvalue weighted by Crippen LogP contribution is -2.23. The van der Waals surface area contributed by atoms with Crippen molar-refractivity contribution in [2.45, 2.75) is 45.1 Å². The SMILES string of the molecule is COc1cc(-c2nc3ccc(Br)cn3c2NC2CCCCC2)ccc1OC(=O)c1ccc(C)c([N+](=O)[O-])c1. The Hall–Kier alpha value is -3.92. The predicted molar refractivity (Wildman–Crippen MR) is 148 cm³/mol. The van der Waals surface area contributed by atoms with Crippen molar-refractivity contribution in [3.8, 4) is 22.8 Å². The number of methoxy groups -OCH3 is 1. The summed E-state index contributed by atoms with van der Waals surface area (Å²) in [6.45, 7) is 1.62. The predicted octanol–water partition coefficient (Wildman–Crippen LogP) is 6.95. The highest BCUT2D eigenvalue weighted by Crippen LogP contribution is 2.37. The van der Waals surface area contributed by atoms with E-state index in [1.807, 2.05) is 28.8 Å². The fourth-order valence-electron chi connectivity index (χ4n) is 4.79. The Morgan fingerprint density at radius 3 is 2.63 bits per heavy atom. The molecule has 0 saturated heterocycles. The third-order valence-electron chi connectivity index (χ3n) is 6.81. The lowest BCUT2D eigenvalue weighted by atomic mass is 9.95. The van der Waals surface area contributed by atoms with E-state index in [-0.39, 0.29) is 17.0 Å². The van der Waals surface area contributed by atoms with Gasteiger partial charge in [0.15, 0.2) is 11.5 Å². The zero-order valence-electron chi connectivity index (χ0n) is 21.1. The number of aromatic nitrogens is 2. The summed E-state index contributed by atoms with van der Waals surface area (Å²) in [6.07, 6.45) is 7.87. The first-order chi connectivity index (χ1) is 18.3. The molecule has 2 aromatic carbocycles. The van der Waals surface area contributed by atoms with Crippen LogP contribution in [0.1, 0.15) is 48.0 Å². The number of rotatable bonds is 7. The average molecular weight is 579 g/mol. The highest BCUT2D eigenvalue weighted by atomic mass is 79.9. The number of anilines is 1. The van der Waals surface area contributed by atoms with Crippen LogP contribution < -0.4 is 14.8 Å². The van der Waals surface area contributed by atoms with E-state index in [0.717, 1.165) is 40.0 Å². The van der Waals surface area contributed by atoms with Gasteiger partial charge in [0.2, 0.25) is 0 Å². The number of pyridine rings is 1. The van der Waals surface area contributed by atoms with Crippen LogP contribution in [0.2, 0.25) is 0 Å². The second-order valence-electron chi connectivity index (χ2n) is 9.38. The molecule has 0 spiro atoms. The normalized spacial score (nSPS) is 13.9. The summed E-state index contributed by atoms with van der Waals surface area (Å²) in [5, 5.41) is 15.0. The zero-order valence-corrected chi connectivity index (χ0v) is 22.7. The summed E-state index contributed by atoms with van der Waals surface area (Å²) in [5.74, 6) is 0.737. The number of nitro groups is 1. The topological polar surface area (TPSA) is 108 Å². The Kier molecular flexibility index (Phi) is 7.33. The quantitative estimate of drug-likeness (QED) is 0.109. The van der Waals surface area contributed by atoms with Gasteiger partial charge in [-0.05, 0) is 72.1 Å². The number of hydrogen-bond donors (Lipinski definition) is 1. The molecule has 1 aliphatic carbocycles. The van der Waals surface area contributed by atoms with Crippen LogP contribution in [-0.4, -0.2) is 33.4 Å². The standard InChI is InChI=1S/C28H27BrN4O5/c1-17-8-9-19(14-22(17)33(35)36)28(34)38-23-12-10-18(15-24(23)37-2)26-27(30-21-6-4-3-5-7-21)32-16-20(29)11-13-25(32)31-26/h8-16,21,30H,3-7H2,1-2H3. The molecule has 0 amide bonds. The lowest BCUT2D eigenvalue weighted by Gasteiger charge is -2.24. The fraction of sp³-hybridized carbons (Fsp3) is 0.286. The number of esters is 1. The van der Waals surface area contributed by atoms with Crippen LogP contribution >= 0.6 is 15.9 Å². The smallest absolute Gasteiger partial charge is 0.343 e. The largest absolute Gasteiger partial charge is 0.493 e. The molecule has 9 nitrogen and oxygen atoms in total. The van der Waals surface area contributed by atoms with Gasteiger partial charge in [0, 0.05) is 33.9 Å². The molecule has 10 heteroatoms. The first kappa shape index (κ1) is 25.7. The van der Waals surface area contributed by atoms with E-state index in [9.17, 15) is 14.9 Å². The molecule has 0 radical (unpaired) electrons. The summed E-state index contributed by atoms with van der Waals surface area (Å²) in [7, 11) is 1.50. The molecule has 38 heavy (non-hydrogen) atoms. The fourth-order valence-corrected chi connectivity index (χ4v) is 5.13. The van der Waals surface area contributed by atoms with Crippen LogP contribution in [-0.2, 0) is 0 Å². The molecule has 196 valence electrons. The molecular formula is C28H27BrN4O5. The number of nitrogens with zero attached hydrogens (tertiary/aromatic N) is 3. The molecule has 0 unspecified atom stereocenters. The monoisotopic (exact) mass is 578 g/mol. The van der Waals surface area contributed by atoms with E-state index in [2.05, 4.69) is 21.2 Å². The van der Waals surface area contributed by atoms with E-state index in [1.165, 1.54) is 44.6 Å². The molecule has 1 fully saturated rings. The van der Waals surface area contributed by atoms with Crippen molar-refractivity contribution in [3.63, 3.8) is 0 Å². The van der Waals surface area contributed by atoms with Gasteiger partial charge in [-0.1, -0.05) is 25.3 Å². The Balaban J connectivity index is 1.48. The summed E-state index contributed by atoms with van der Waals surface area (Å²) >= 11 is 3.57. The average Bonchev–Trinajstić information content (AvgIpc) is 3.26. The van der Waals surface area contributed by atoms with Gasteiger partial charge < -0.3 is 14.8 Å². The minimum Gasteiger partial charge on any atom is -0.493 e. The van der Waals surface area contributed by atoms with Crippen LogP contribution in [0, 0.1) is 17.0 Å². The van der Waals surface area contributed by atoms with Crippen molar-refractivity contribution in [2.75, 3.05) is 12.4 Å². The maximum Gasteiger partial charge on any atom is 0.343 e. The van der Waals surface area contributed by atoms with Crippen molar-refractivity contribution in [1.82, 2.24) is 9.38 Å². The number of hydrogen-bond acceptors (Lipinski definition) is 7. The molecule has 5 rings (SSSR count). The minimum absolute atomic E-state index is 0.0818. The molecule has 2 aromatic heterocycles. The maximum absolute atomic E-state index is 12.8. The minimum atomic E-state index is -0.712. The van der Waals surface area contributed by atoms with Crippen molar-refractivity contribution in [2.24, 2.45) is 0 Å². The van der Waals surface area contributed by atoms with Crippen LogP contribution in [0.5, 0.6) is 11.5 Å². The van der Waals surface area contributed by atoms with Gasteiger partial charge in [0.1, 0.15) is 17.2 Å². The van der Waals surface area contributed by atoms with Gasteiger partial charge in [-0.2, -0.15) is 0 Å². The van der Waals surface area contributed by atoms with Crippen LogP contribution in [0.25, 0.3) is 16.9 Å². The molecule has 0 bridgehead atoms. The van der Waals surface area contributed by atoms with Crippen molar-refractivity contribution < 1.29 is 19.2 Å². The zero-order chi connectivity index (χ0) is 26.8. The number of aryl methyl sites for hydroxylation is 1. The molecule has 1 aliphatic rings. The van der Waals surface area contributed by atoms with Gasteiger partial charge in [0.05, 0.1) is 17.6 Å². The Bertz CT molecular complexity index is 1530. The second kappa shape index (κ2) is 10.8. The number of carbonyl (C=O) groups is 1. The highest BCUT2D eigenvalue weighted by Gasteiger charge is 2.22. The van der Waals surface area contributed by atoms with Crippen LogP contribution in [0.15, 0.2) is 59.2 Å². The van der Waals surface area contributed by atoms with E-state index < -0.39 is 10.9 Å². The molecular weight excluding hydrogens is 552 g/mol. The Morgan fingerprint density at radius 2 is 1.89 bits per heavy atom. The molecule has 2 heterocycles. The number of imidazole rings is 1. The van der Waals surface area contributed by atoms with Gasteiger partial charge in [-0.3, -0.25) is 14.5 Å². The van der Waals surface area contributed by atoms with Gasteiger partial charge in [0.25, 0.3) is 5.69 Å². The van der Waals surface area contributed by atoms with E-state index in [0.29, 0.717) is 17.4 Å². The molecule has 0 aliphatic heterocycles. The van der Waals surface area contributed by atoms with Gasteiger partial charge in [-0.15, -0.1) is 0 Å². The summed E-state index contributed by atoms with van der Waals surface area (Å²) in [5.41, 5.74) is 2.77. The van der Waals surface area contributed by atoms with E-state index >= 15 is 0 Å². The maximum atomic E-state index is 12.8. The van der Waals surface area contributed by atoms with E-state index in [1.54, 1.807) is 19.1 Å². The van der Waals surface area contributed by atoms with Gasteiger partial charge in [-0.25, -0.2) is 9.78 Å². The van der Waals surface area contributed by atoms with E-state index in [4.69, 9.17) is 14.5 Å². The molecule has 4 aromatic rings. The number of nitrogens with one attached hydrogen (secondary N) is 1. The number of halogens is 1. The van der Waals surface area contributed by atoms with Crippen molar-refractivity contribution in [1.29, 1.82) is 0 Å². The third kappa shape index (κ3) is 5.22. The van der Waals surface area contributed by atoms with Crippen LogP contribution in [0.3, 0.4) is 0 Å². The summed E-state index contributed by atoms with van der Waals surface area (Å²) in [4.78, 5) is 28.5.